The molecular formula is C16H26BrNO2. The highest BCUT2D eigenvalue weighted by Crippen LogP contribution is 2.29. The molecule has 0 atom stereocenters. The third-order valence-corrected chi connectivity index (χ3v) is 3.59. The minimum absolute atomic E-state index is 0.263. The van der Waals surface area contributed by atoms with E-state index in [9.17, 15) is 0 Å². The highest BCUT2D eigenvalue weighted by atomic mass is 79.9. The van der Waals surface area contributed by atoms with Crippen molar-refractivity contribution < 1.29 is 9.84 Å². The van der Waals surface area contributed by atoms with Gasteiger partial charge in [-0.1, -0.05) is 26.0 Å². The number of hydrogen-bond donors (Lipinski definition) is 2. The predicted octanol–water partition coefficient (Wildman–Crippen LogP) is 3.74. The number of benzene rings is 1. The predicted molar refractivity (Wildman–Crippen MR) is 87.1 cm³/mol. The van der Waals surface area contributed by atoms with Gasteiger partial charge in [0.1, 0.15) is 5.75 Å². The minimum atomic E-state index is 0.263. The van der Waals surface area contributed by atoms with Gasteiger partial charge in [-0.3, -0.25) is 0 Å². The number of aliphatic hydroxyl groups excluding tert-OH is 1. The van der Waals surface area contributed by atoms with Crippen molar-refractivity contribution in [2.24, 2.45) is 5.92 Å². The summed E-state index contributed by atoms with van der Waals surface area (Å²) in [5.74, 6) is 1.58. The Bertz CT molecular complexity index is 383. The van der Waals surface area contributed by atoms with Crippen LogP contribution in [0.3, 0.4) is 0 Å². The molecular weight excluding hydrogens is 318 g/mol. The lowest BCUT2D eigenvalue weighted by atomic mass is 10.1. The van der Waals surface area contributed by atoms with Gasteiger partial charge in [0.2, 0.25) is 0 Å². The van der Waals surface area contributed by atoms with Crippen LogP contribution in [0.5, 0.6) is 5.75 Å². The topological polar surface area (TPSA) is 41.5 Å². The molecule has 0 bridgehead atoms. The second-order valence-corrected chi connectivity index (χ2v) is 6.24. The number of para-hydroxylation sites is 1. The lowest BCUT2D eigenvalue weighted by Gasteiger charge is -2.14. The van der Waals surface area contributed by atoms with E-state index in [1.807, 2.05) is 12.1 Å². The summed E-state index contributed by atoms with van der Waals surface area (Å²) in [6.07, 6.45) is 2.82. The van der Waals surface area contributed by atoms with E-state index in [1.54, 1.807) is 0 Å². The lowest BCUT2D eigenvalue weighted by Crippen LogP contribution is -2.19. The highest BCUT2D eigenvalue weighted by molar-refractivity contribution is 9.10. The lowest BCUT2D eigenvalue weighted by molar-refractivity contribution is 0.264. The molecule has 0 radical (unpaired) electrons. The maximum absolute atomic E-state index is 8.76. The van der Waals surface area contributed by atoms with Gasteiger partial charge >= 0.3 is 0 Å². The van der Waals surface area contributed by atoms with Crippen molar-refractivity contribution in [1.29, 1.82) is 0 Å². The van der Waals surface area contributed by atoms with Crippen molar-refractivity contribution in [3.05, 3.63) is 28.2 Å². The van der Waals surface area contributed by atoms with Crippen LogP contribution in [0.25, 0.3) is 0 Å². The van der Waals surface area contributed by atoms with E-state index in [2.05, 4.69) is 41.2 Å². The molecule has 20 heavy (non-hydrogen) atoms. The van der Waals surface area contributed by atoms with Crippen LogP contribution in [-0.4, -0.2) is 24.9 Å². The molecule has 114 valence electrons. The maximum atomic E-state index is 8.76. The van der Waals surface area contributed by atoms with Gasteiger partial charge in [-0.25, -0.2) is 0 Å². The van der Waals surface area contributed by atoms with Gasteiger partial charge in [-0.05, 0) is 53.7 Å². The third kappa shape index (κ3) is 6.73. The van der Waals surface area contributed by atoms with Crippen molar-refractivity contribution in [3.8, 4) is 5.75 Å². The molecule has 0 saturated heterocycles. The molecule has 0 aliphatic carbocycles. The number of rotatable bonds is 10. The SMILES string of the molecule is CC(C)CNCc1cccc(Br)c1OCCCCCO. The summed E-state index contributed by atoms with van der Waals surface area (Å²) in [4.78, 5) is 0. The summed E-state index contributed by atoms with van der Waals surface area (Å²) in [5.41, 5.74) is 1.18. The second kappa shape index (κ2) is 10.2. The maximum Gasteiger partial charge on any atom is 0.137 e. The standard InChI is InChI=1S/C16H26BrNO2/c1-13(2)11-18-12-14-7-6-8-15(17)16(14)20-10-5-3-4-9-19/h6-8,13,18-19H,3-5,9-12H2,1-2H3. The molecule has 0 unspecified atom stereocenters. The Labute approximate surface area is 130 Å². The Morgan fingerprint density at radius 1 is 1.25 bits per heavy atom. The van der Waals surface area contributed by atoms with E-state index in [0.717, 1.165) is 42.6 Å². The van der Waals surface area contributed by atoms with Gasteiger partial charge in [-0.2, -0.15) is 0 Å². The van der Waals surface area contributed by atoms with Crippen LogP contribution in [0.2, 0.25) is 0 Å². The van der Waals surface area contributed by atoms with E-state index < -0.39 is 0 Å². The van der Waals surface area contributed by atoms with Crippen molar-refractivity contribution in [1.82, 2.24) is 5.32 Å². The molecule has 0 aliphatic rings. The molecule has 0 saturated carbocycles. The molecule has 0 spiro atoms. The van der Waals surface area contributed by atoms with E-state index in [0.29, 0.717) is 12.5 Å². The van der Waals surface area contributed by atoms with Crippen molar-refractivity contribution in [2.75, 3.05) is 19.8 Å². The summed E-state index contributed by atoms with van der Waals surface area (Å²) in [6.45, 7) is 7.18. The number of ether oxygens (including phenoxy) is 1. The molecule has 1 rings (SSSR count). The van der Waals surface area contributed by atoms with Gasteiger partial charge in [0.05, 0.1) is 11.1 Å². The molecule has 0 amide bonds. The molecule has 2 N–H and O–H groups in total. The second-order valence-electron chi connectivity index (χ2n) is 5.39. The van der Waals surface area contributed by atoms with E-state index in [4.69, 9.17) is 9.84 Å². The number of unbranched alkanes of at least 4 members (excludes halogenated alkanes) is 2. The first-order valence-corrected chi connectivity index (χ1v) is 8.16. The first-order chi connectivity index (χ1) is 9.65. The van der Waals surface area contributed by atoms with Crippen LogP contribution in [0.1, 0.15) is 38.7 Å². The molecule has 0 aromatic heterocycles. The molecule has 0 heterocycles. The van der Waals surface area contributed by atoms with Crippen molar-refractivity contribution in [2.45, 2.75) is 39.7 Å². The molecule has 1 aromatic carbocycles. The average Bonchev–Trinajstić information content (AvgIpc) is 2.40. The smallest absolute Gasteiger partial charge is 0.137 e. The van der Waals surface area contributed by atoms with E-state index in [1.165, 1.54) is 5.56 Å². The number of halogens is 1. The van der Waals surface area contributed by atoms with Gasteiger partial charge in [0.15, 0.2) is 0 Å². The summed E-state index contributed by atoms with van der Waals surface area (Å²) >= 11 is 3.56. The fraction of sp³-hybridized carbons (Fsp3) is 0.625. The molecule has 0 aliphatic heterocycles. The molecule has 3 nitrogen and oxygen atoms in total. The van der Waals surface area contributed by atoms with E-state index >= 15 is 0 Å². The highest BCUT2D eigenvalue weighted by Gasteiger charge is 2.08. The Morgan fingerprint density at radius 2 is 2.05 bits per heavy atom. The third-order valence-electron chi connectivity index (χ3n) is 2.97. The quantitative estimate of drug-likeness (QED) is 0.636. The minimum Gasteiger partial charge on any atom is -0.492 e. The van der Waals surface area contributed by atoms with Gasteiger partial charge in [0, 0.05) is 18.7 Å². The zero-order valence-electron chi connectivity index (χ0n) is 12.5. The normalized spacial score (nSPS) is 11.1. The van der Waals surface area contributed by atoms with Crippen molar-refractivity contribution in [3.63, 3.8) is 0 Å². The van der Waals surface area contributed by atoms with Crippen LogP contribution in [0, 0.1) is 5.92 Å². The van der Waals surface area contributed by atoms with Gasteiger partial charge in [0.25, 0.3) is 0 Å². The number of aliphatic hydroxyl groups is 1. The Hall–Kier alpha value is -0.580. The summed E-state index contributed by atoms with van der Waals surface area (Å²) in [6, 6.07) is 6.14. The fourth-order valence-corrected chi connectivity index (χ4v) is 2.44. The van der Waals surface area contributed by atoms with Crippen LogP contribution >= 0.6 is 15.9 Å². The summed E-state index contributed by atoms with van der Waals surface area (Å²) in [5, 5.41) is 12.2. The monoisotopic (exact) mass is 343 g/mol. The number of hydrogen-bond acceptors (Lipinski definition) is 3. The van der Waals surface area contributed by atoms with Crippen LogP contribution < -0.4 is 10.1 Å². The zero-order valence-corrected chi connectivity index (χ0v) is 14.1. The van der Waals surface area contributed by atoms with Crippen LogP contribution in [0.15, 0.2) is 22.7 Å². The van der Waals surface area contributed by atoms with Crippen LogP contribution in [-0.2, 0) is 6.54 Å². The Balaban J connectivity index is 2.49. The zero-order chi connectivity index (χ0) is 14.8. The Kier molecular flexibility index (Phi) is 8.90. The first kappa shape index (κ1) is 17.5. The fourth-order valence-electron chi connectivity index (χ4n) is 1.91. The van der Waals surface area contributed by atoms with Crippen molar-refractivity contribution >= 4 is 15.9 Å². The molecule has 0 fully saturated rings. The first-order valence-electron chi connectivity index (χ1n) is 7.37. The average molecular weight is 344 g/mol. The largest absolute Gasteiger partial charge is 0.492 e. The molecule has 1 aromatic rings. The summed E-state index contributed by atoms with van der Waals surface area (Å²) < 4.78 is 6.91. The van der Waals surface area contributed by atoms with Gasteiger partial charge in [-0.15, -0.1) is 0 Å². The van der Waals surface area contributed by atoms with Crippen LogP contribution in [0.4, 0.5) is 0 Å². The molecule has 4 heteroatoms. The summed E-state index contributed by atoms with van der Waals surface area (Å²) in [7, 11) is 0. The van der Waals surface area contributed by atoms with E-state index in [-0.39, 0.29) is 6.61 Å². The Morgan fingerprint density at radius 3 is 2.75 bits per heavy atom. The van der Waals surface area contributed by atoms with Gasteiger partial charge < -0.3 is 15.2 Å². The number of nitrogens with one attached hydrogen (secondary N) is 1.